The van der Waals surface area contributed by atoms with Crippen molar-refractivity contribution >= 4 is 11.8 Å². The lowest BCUT2D eigenvalue weighted by Gasteiger charge is -2.28. The van der Waals surface area contributed by atoms with E-state index in [4.69, 9.17) is 0 Å². The number of hydrogen-bond acceptors (Lipinski definition) is 4. The van der Waals surface area contributed by atoms with E-state index in [-0.39, 0.29) is 26.2 Å². The third kappa shape index (κ3) is 34.9. The molecule has 0 rings (SSSR count). The molecule has 12 heteroatoms. The number of alkyl halides is 6. The van der Waals surface area contributed by atoms with Gasteiger partial charge in [0.1, 0.15) is 0 Å². The van der Waals surface area contributed by atoms with E-state index in [2.05, 4.69) is 13.8 Å². The Balaban J connectivity index is 4.71. The lowest BCUT2D eigenvalue weighted by atomic mass is 10.0. The first-order chi connectivity index (χ1) is 25.9. The Hall–Kier alpha value is -1.56. The zero-order chi connectivity index (χ0) is 40.2. The van der Waals surface area contributed by atoms with Crippen molar-refractivity contribution in [3.05, 3.63) is 0 Å². The lowest BCUT2D eigenvalue weighted by molar-refractivity contribution is -0.173. The minimum absolute atomic E-state index is 0.141. The van der Waals surface area contributed by atoms with E-state index in [9.17, 15) is 35.9 Å². The summed E-state index contributed by atoms with van der Waals surface area (Å²) in [5.74, 6) is -3.92. The summed E-state index contributed by atoms with van der Waals surface area (Å²) < 4.78 is 76.6. The molecule has 0 aromatic carbocycles. The Morgan fingerprint density at radius 2 is 0.574 bits per heavy atom. The van der Waals surface area contributed by atoms with Crippen LogP contribution in [0.4, 0.5) is 26.3 Å². The van der Waals surface area contributed by atoms with Crippen molar-refractivity contribution in [3.63, 3.8) is 0 Å². The molecule has 2 amide bonds. The SMILES string of the molecule is CCCCCCCCCCCCCCCCN(CCNC(=O)C(F)(F)F)CCN(CCCCCCCCCCCCCCCC)CCNC(=O)C(F)(F)F. The Bertz CT molecular complexity index is 792. The van der Waals surface area contributed by atoms with Crippen molar-refractivity contribution in [3.8, 4) is 0 Å². The molecule has 0 saturated carbocycles. The van der Waals surface area contributed by atoms with Crippen molar-refractivity contribution in [2.75, 3.05) is 52.4 Å². The average molecular weight is 787 g/mol. The molecule has 0 spiro atoms. The molecule has 0 bridgehead atoms. The molecular weight excluding hydrogens is 706 g/mol. The molecule has 0 aliphatic rings. The number of carbonyl (C=O) groups is 2. The molecule has 322 valence electrons. The topological polar surface area (TPSA) is 64.7 Å². The van der Waals surface area contributed by atoms with Gasteiger partial charge < -0.3 is 20.4 Å². The van der Waals surface area contributed by atoms with Gasteiger partial charge in [-0.15, -0.1) is 0 Å². The molecule has 0 fully saturated rings. The van der Waals surface area contributed by atoms with E-state index < -0.39 is 24.2 Å². The number of rotatable bonds is 39. The van der Waals surface area contributed by atoms with E-state index in [0.717, 1.165) is 51.4 Å². The minimum atomic E-state index is -4.94. The first-order valence-corrected chi connectivity index (χ1v) is 22.1. The van der Waals surface area contributed by atoms with Crippen LogP contribution in [0.25, 0.3) is 0 Å². The maximum atomic E-state index is 12.8. The molecule has 0 radical (unpaired) electrons. The fraction of sp³-hybridized carbons (Fsp3) is 0.952. The van der Waals surface area contributed by atoms with E-state index >= 15 is 0 Å². The second-order valence-electron chi connectivity index (χ2n) is 15.4. The van der Waals surface area contributed by atoms with Crippen LogP contribution in [0.2, 0.25) is 0 Å². The second-order valence-corrected chi connectivity index (χ2v) is 15.4. The molecule has 0 heterocycles. The van der Waals surface area contributed by atoms with Crippen LogP contribution in [0, 0.1) is 0 Å². The monoisotopic (exact) mass is 787 g/mol. The maximum Gasteiger partial charge on any atom is 0.471 e. The number of hydrogen-bond donors (Lipinski definition) is 2. The van der Waals surface area contributed by atoms with Gasteiger partial charge in [0, 0.05) is 39.3 Å². The fourth-order valence-corrected chi connectivity index (χ4v) is 6.87. The quantitative estimate of drug-likeness (QED) is 0.0481. The highest BCUT2D eigenvalue weighted by Crippen LogP contribution is 2.17. The molecular formula is C42H80F6N4O2. The Morgan fingerprint density at radius 3 is 0.796 bits per heavy atom. The van der Waals surface area contributed by atoms with Gasteiger partial charge in [0.05, 0.1) is 0 Å². The van der Waals surface area contributed by atoms with Crippen molar-refractivity contribution in [1.82, 2.24) is 20.4 Å². The van der Waals surface area contributed by atoms with Gasteiger partial charge in [-0.05, 0) is 25.9 Å². The normalized spacial score (nSPS) is 12.3. The van der Waals surface area contributed by atoms with E-state index in [0.29, 0.717) is 26.2 Å². The summed E-state index contributed by atoms with van der Waals surface area (Å²) in [6.45, 7) is 7.02. The van der Waals surface area contributed by atoms with E-state index in [1.54, 1.807) is 0 Å². The van der Waals surface area contributed by atoms with Gasteiger partial charge in [-0.25, -0.2) is 0 Å². The number of nitrogens with one attached hydrogen (secondary N) is 2. The summed E-state index contributed by atoms with van der Waals surface area (Å²) in [5.41, 5.74) is 0. The molecule has 6 nitrogen and oxygen atoms in total. The first-order valence-electron chi connectivity index (χ1n) is 22.1. The molecule has 0 atom stereocenters. The summed E-state index contributed by atoms with van der Waals surface area (Å²) in [6.07, 6.45) is 24.4. The third-order valence-corrected chi connectivity index (χ3v) is 10.3. The van der Waals surface area contributed by atoms with Crippen LogP contribution in [-0.2, 0) is 9.59 Å². The number of halogens is 6. The molecule has 2 N–H and O–H groups in total. The smallest absolute Gasteiger partial charge is 0.347 e. The van der Waals surface area contributed by atoms with Gasteiger partial charge in [0.2, 0.25) is 0 Å². The summed E-state index contributed by atoms with van der Waals surface area (Å²) >= 11 is 0. The Morgan fingerprint density at radius 1 is 0.352 bits per heavy atom. The number of carbonyl (C=O) groups excluding carboxylic acids is 2. The molecule has 0 aromatic heterocycles. The fourth-order valence-electron chi connectivity index (χ4n) is 6.87. The van der Waals surface area contributed by atoms with E-state index in [1.807, 2.05) is 20.4 Å². The summed E-state index contributed by atoms with van der Waals surface area (Å²) in [5, 5.41) is 3.92. The molecule has 54 heavy (non-hydrogen) atoms. The van der Waals surface area contributed by atoms with Gasteiger partial charge >= 0.3 is 24.2 Å². The summed E-state index contributed by atoms with van der Waals surface area (Å²) in [4.78, 5) is 26.8. The van der Waals surface area contributed by atoms with Crippen LogP contribution in [0.1, 0.15) is 194 Å². The summed E-state index contributed by atoms with van der Waals surface area (Å²) in [6, 6.07) is 0. The van der Waals surface area contributed by atoms with Gasteiger partial charge in [-0.3, -0.25) is 9.59 Å². The highest BCUT2D eigenvalue weighted by molar-refractivity contribution is 5.81. The predicted molar refractivity (Wildman–Crippen MR) is 212 cm³/mol. The van der Waals surface area contributed by atoms with Crippen molar-refractivity contribution in [1.29, 1.82) is 0 Å². The molecule has 0 unspecified atom stereocenters. The number of amides is 2. The van der Waals surface area contributed by atoms with Crippen LogP contribution in [0.15, 0.2) is 0 Å². The first kappa shape index (κ1) is 52.4. The van der Waals surface area contributed by atoms with Gasteiger partial charge in [0.15, 0.2) is 0 Å². The molecule has 0 aromatic rings. The van der Waals surface area contributed by atoms with Crippen molar-refractivity contribution in [2.24, 2.45) is 0 Å². The zero-order valence-electron chi connectivity index (χ0n) is 34.4. The second kappa shape index (κ2) is 35.8. The Kier molecular flexibility index (Phi) is 34.8. The largest absolute Gasteiger partial charge is 0.471 e. The van der Waals surface area contributed by atoms with Gasteiger partial charge in [-0.2, -0.15) is 26.3 Å². The minimum Gasteiger partial charge on any atom is -0.347 e. The van der Waals surface area contributed by atoms with Crippen LogP contribution in [0.5, 0.6) is 0 Å². The van der Waals surface area contributed by atoms with Crippen molar-refractivity contribution in [2.45, 2.75) is 206 Å². The predicted octanol–water partition coefficient (Wildman–Crippen LogP) is 11.9. The number of nitrogens with zero attached hydrogens (tertiary/aromatic N) is 2. The standard InChI is InChI=1S/C42H80F6N4O2/c1-3-5-7-9-11-13-15-17-19-21-23-25-27-29-33-51(35-31-49-39(53)41(43,44)45)37-38-52(36-32-50-40(54)42(46,47)48)34-30-28-26-24-22-20-18-16-14-12-10-8-6-4-2/h3-38H2,1-2H3,(H,49,53)(H,50,54). The van der Waals surface area contributed by atoms with Gasteiger partial charge in [-0.1, -0.05) is 181 Å². The third-order valence-electron chi connectivity index (χ3n) is 10.3. The Labute approximate surface area is 326 Å². The highest BCUT2D eigenvalue weighted by Gasteiger charge is 2.39. The highest BCUT2D eigenvalue weighted by atomic mass is 19.4. The lowest BCUT2D eigenvalue weighted by Crippen LogP contribution is -2.45. The van der Waals surface area contributed by atoms with Crippen LogP contribution < -0.4 is 10.6 Å². The number of unbranched alkanes of at least 4 members (excludes halogenated alkanes) is 26. The van der Waals surface area contributed by atoms with Crippen molar-refractivity contribution < 1.29 is 35.9 Å². The molecule has 0 aliphatic carbocycles. The molecule has 0 saturated heterocycles. The average Bonchev–Trinajstić information content (AvgIpc) is 3.12. The maximum absolute atomic E-state index is 12.8. The van der Waals surface area contributed by atoms with Crippen LogP contribution >= 0.6 is 0 Å². The molecule has 0 aliphatic heterocycles. The van der Waals surface area contributed by atoms with Crippen LogP contribution in [-0.4, -0.2) is 86.3 Å². The summed E-state index contributed by atoms with van der Waals surface area (Å²) in [7, 11) is 0. The van der Waals surface area contributed by atoms with Crippen LogP contribution in [0.3, 0.4) is 0 Å². The van der Waals surface area contributed by atoms with Gasteiger partial charge in [0.25, 0.3) is 0 Å². The van der Waals surface area contributed by atoms with E-state index in [1.165, 1.54) is 128 Å². The zero-order valence-corrected chi connectivity index (χ0v) is 34.4.